The Balaban J connectivity index is 0.000000379. The summed E-state index contributed by atoms with van der Waals surface area (Å²) in [6.07, 6.45) is 8.00. The van der Waals surface area contributed by atoms with E-state index in [2.05, 4.69) is 77.3 Å². The minimum atomic E-state index is -0.125. The quantitative estimate of drug-likeness (QED) is 0.0657. The van der Waals surface area contributed by atoms with Gasteiger partial charge in [0.1, 0.15) is 11.2 Å². The van der Waals surface area contributed by atoms with Crippen molar-refractivity contribution >= 4 is 49.5 Å². The topological polar surface area (TPSA) is 67.2 Å². The molecule has 7 rings (SSSR count). The molecule has 5 nitrogen and oxygen atoms in total. The Labute approximate surface area is 252 Å². The molecule has 1 aliphatic rings. The molecule has 1 saturated carbocycles. The zero-order chi connectivity index (χ0) is 27.8. The Hall–Kier alpha value is -3.99. The molecule has 0 bridgehead atoms. The van der Waals surface area contributed by atoms with E-state index in [1.165, 1.54) is 67.3 Å². The third-order valence-electron chi connectivity index (χ3n) is 7.74. The standard InChI is InChI=1S/C30H23N2O.C5H8O2.Ir/c1-32-26-16-15-20-10-4-5-11-21(20)28(26)25(19-8-2-3-9-19)18-27(32)24-13-6-12-22-23-14-7-17-31-30(23)33-29(22)24;1-4(6)3-5(2)7;/h4-7,10-12,14-19H,1-3,8-9H2;3,6H,1-2H3;/q-1;;/b;4-3-;. The number of hydrogen-bond acceptors (Lipinski definition) is 4. The van der Waals surface area contributed by atoms with Gasteiger partial charge in [0.05, 0.1) is 11.3 Å². The first-order valence-corrected chi connectivity index (χ1v) is 13.7. The minimum Gasteiger partial charge on any atom is -0.512 e. The maximum atomic E-state index is 10.0. The van der Waals surface area contributed by atoms with Crippen LogP contribution in [0, 0.1) is 13.1 Å². The second-order valence-electron chi connectivity index (χ2n) is 10.5. The third kappa shape index (κ3) is 5.38. The van der Waals surface area contributed by atoms with E-state index in [4.69, 9.17) is 9.52 Å². The van der Waals surface area contributed by atoms with Crippen LogP contribution in [0.2, 0.25) is 0 Å². The fourth-order valence-corrected chi connectivity index (χ4v) is 6.04. The molecule has 0 atom stereocenters. The molecule has 3 heterocycles. The molecular weight excluding hydrogens is 689 g/mol. The zero-order valence-electron chi connectivity index (χ0n) is 23.1. The van der Waals surface area contributed by atoms with Gasteiger partial charge in [0, 0.05) is 50.2 Å². The summed E-state index contributed by atoms with van der Waals surface area (Å²) >= 11 is 0. The van der Waals surface area contributed by atoms with E-state index in [9.17, 15) is 4.79 Å². The molecule has 6 aromatic rings. The predicted octanol–water partition coefficient (Wildman–Crippen LogP) is 8.37. The maximum Gasteiger partial charge on any atom is 0.216 e. The first-order valence-electron chi connectivity index (χ1n) is 13.7. The average Bonchev–Trinajstić information content (AvgIpc) is 3.61. The molecule has 0 aliphatic heterocycles. The summed E-state index contributed by atoms with van der Waals surface area (Å²) in [7, 11) is 4.50. The Morgan fingerprint density at radius 1 is 1.05 bits per heavy atom. The van der Waals surface area contributed by atoms with Crippen molar-refractivity contribution in [2.24, 2.45) is 0 Å². The molecule has 41 heavy (non-hydrogen) atoms. The van der Waals surface area contributed by atoms with Crippen LogP contribution in [0.3, 0.4) is 0 Å². The molecule has 1 radical (unpaired) electrons. The van der Waals surface area contributed by atoms with Gasteiger partial charge in [-0.15, -0.1) is 18.2 Å². The van der Waals surface area contributed by atoms with Crippen molar-refractivity contribution in [3.63, 3.8) is 0 Å². The SMILES string of the molecule is CC(=O)/C=C(/C)O.[CH2-][n+]1c(-c2[c-]ccc3c2oc2ncccc23)cc(C2CCCC2)c2c3ccccc3ccc21.[Ir]. The Bertz CT molecular complexity index is 1930. The van der Waals surface area contributed by atoms with E-state index in [1.54, 1.807) is 6.20 Å². The maximum absolute atomic E-state index is 10.0. The number of rotatable bonds is 3. The van der Waals surface area contributed by atoms with Crippen LogP contribution in [-0.2, 0) is 24.9 Å². The summed E-state index contributed by atoms with van der Waals surface area (Å²) < 4.78 is 8.32. The zero-order valence-corrected chi connectivity index (χ0v) is 25.5. The van der Waals surface area contributed by atoms with E-state index in [-0.39, 0.29) is 31.6 Å². The van der Waals surface area contributed by atoms with Crippen LogP contribution in [0.25, 0.3) is 55.0 Å². The molecular formula is C35H31IrN2O3-. The van der Waals surface area contributed by atoms with Gasteiger partial charge in [-0.05, 0) is 78.8 Å². The molecule has 209 valence electrons. The second kappa shape index (κ2) is 11.9. The van der Waals surface area contributed by atoms with Gasteiger partial charge in [0.15, 0.2) is 5.78 Å². The predicted molar refractivity (Wildman–Crippen MR) is 160 cm³/mol. The molecule has 0 saturated heterocycles. The summed E-state index contributed by atoms with van der Waals surface area (Å²) in [4.78, 5) is 14.5. The normalized spacial score (nSPS) is 13.9. The number of aliphatic hydroxyl groups excluding tert-OH is 1. The summed E-state index contributed by atoms with van der Waals surface area (Å²) in [5, 5.41) is 14.4. The largest absolute Gasteiger partial charge is 0.512 e. The van der Waals surface area contributed by atoms with E-state index < -0.39 is 0 Å². The van der Waals surface area contributed by atoms with Crippen LogP contribution in [0.5, 0.6) is 0 Å². The van der Waals surface area contributed by atoms with Crippen LogP contribution in [0.1, 0.15) is 51.0 Å². The van der Waals surface area contributed by atoms with Gasteiger partial charge < -0.3 is 14.1 Å². The Morgan fingerprint density at radius 3 is 2.54 bits per heavy atom. The fraction of sp³-hybridized carbons (Fsp3) is 0.200. The van der Waals surface area contributed by atoms with E-state index in [1.807, 2.05) is 12.1 Å². The summed E-state index contributed by atoms with van der Waals surface area (Å²) in [6.45, 7) is 2.85. The van der Waals surface area contributed by atoms with E-state index in [0.717, 1.165) is 33.1 Å². The van der Waals surface area contributed by atoms with Crippen LogP contribution < -0.4 is 4.57 Å². The van der Waals surface area contributed by atoms with Crippen molar-refractivity contribution in [1.29, 1.82) is 0 Å². The average molecular weight is 720 g/mol. The van der Waals surface area contributed by atoms with Crippen molar-refractivity contribution < 1.29 is 39.0 Å². The third-order valence-corrected chi connectivity index (χ3v) is 7.74. The van der Waals surface area contributed by atoms with Crippen molar-refractivity contribution in [2.75, 3.05) is 0 Å². The van der Waals surface area contributed by atoms with Crippen LogP contribution in [0.4, 0.5) is 0 Å². The van der Waals surface area contributed by atoms with Crippen LogP contribution in [-0.4, -0.2) is 15.9 Å². The molecule has 3 aromatic carbocycles. The first kappa shape index (κ1) is 28.5. The van der Waals surface area contributed by atoms with Gasteiger partial charge in [0.2, 0.25) is 5.71 Å². The summed E-state index contributed by atoms with van der Waals surface area (Å²) in [5.41, 5.74) is 6.02. The summed E-state index contributed by atoms with van der Waals surface area (Å²) in [5.74, 6) is 0.502. The molecule has 0 spiro atoms. The number of aromatic nitrogens is 2. The molecule has 1 N–H and O–H groups in total. The number of pyridine rings is 2. The molecule has 6 heteroatoms. The number of furan rings is 1. The number of fused-ring (bicyclic) bond motifs is 6. The Kier molecular flexibility index (Phi) is 8.25. The fourth-order valence-electron chi connectivity index (χ4n) is 6.04. The van der Waals surface area contributed by atoms with Gasteiger partial charge in [-0.2, -0.15) is 0 Å². The smallest absolute Gasteiger partial charge is 0.216 e. The van der Waals surface area contributed by atoms with Gasteiger partial charge >= 0.3 is 0 Å². The molecule has 1 aliphatic carbocycles. The van der Waals surface area contributed by atoms with Gasteiger partial charge in [-0.1, -0.05) is 48.6 Å². The second-order valence-corrected chi connectivity index (χ2v) is 10.5. The number of carbonyl (C=O) groups is 1. The minimum absolute atomic E-state index is 0. The molecule has 1 fully saturated rings. The number of carbonyl (C=O) groups excluding carboxylic acids is 1. The molecule has 0 amide bonds. The van der Waals surface area contributed by atoms with Crippen molar-refractivity contribution in [2.45, 2.75) is 45.4 Å². The van der Waals surface area contributed by atoms with Crippen molar-refractivity contribution in [1.82, 2.24) is 4.98 Å². The monoisotopic (exact) mass is 720 g/mol. The van der Waals surface area contributed by atoms with Crippen molar-refractivity contribution in [3.05, 3.63) is 103 Å². The number of ketones is 1. The summed E-state index contributed by atoms with van der Waals surface area (Å²) in [6, 6.07) is 27.0. The van der Waals surface area contributed by atoms with Crippen LogP contribution >= 0.6 is 0 Å². The van der Waals surface area contributed by atoms with Gasteiger partial charge in [-0.25, -0.2) is 4.98 Å². The first-order chi connectivity index (χ1) is 19.4. The molecule has 0 unspecified atom stereocenters. The van der Waals surface area contributed by atoms with E-state index >= 15 is 0 Å². The molecule has 3 aromatic heterocycles. The van der Waals surface area contributed by atoms with Crippen molar-refractivity contribution in [3.8, 4) is 11.3 Å². The Morgan fingerprint density at radius 2 is 1.80 bits per heavy atom. The number of aliphatic hydroxyl groups is 1. The number of hydrogen-bond donors (Lipinski definition) is 1. The van der Waals surface area contributed by atoms with Crippen LogP contribution in [0.15, 0.2) is 89.2 Å². The number of benzene rings is 3. The number of nitrogens with zero attached hydrogens (tertiary/aromatic N) is 2. The number of allylic oxidation sites excluding steroid dienone is 2. The van der Waals surface area contributed by atoms with Gasteiger partial charge in [0.25, 0.3) is 0 Å². The van der Waals surface area contributed by atoms with Gasteiger partial charge in [-0.3, -0.25) is 4.79 Å². The van der Waals surface area contributed by atoms with E-state index in [0.29, 0.717) is 11.6 Å².